The highest BCUT2D eigenvalue weighted by atomic mass is 127. The standard InChI is InChI=1S/C30H40N4S.2HI/c1-31(2)20-11-23-34(4,5)24-12-21-33-22-19-25(26-14-6-7-15-27(26)33)13-10-18-30-32(3)28-16-8-9-17-29(28)35-30;;/h6-10,13-19,22H,11-12,20-21,23-24H2,1-5H3;2*1H/q+2;;/p-2. The van der Waals surface area contributed by atoms with Gasteiger partial charge >= 0.3 is 0 Å². The van der Waals surface area contributed by atoms with E-state index < -0.39 is 0 Å². The maximum absolute atomic E-state index is 2.42. The Morgan fingerprint density at radius 2 is 1.65 bits per heavy atom. The second kappa shape index (κ2) is 14.9. The number of allylic oxidation sites excluding steroid dienone is 2. The van der Waals surface area contributed by atoms with Crippen LogP contribution >= 0.6 is 11.8 Å². The van der Waals surface area contributed by atoms with Gasteiger partial charge in [0, 0.05) is 37.0 Å². The van der Waals surface area contributed by atoms with Crippen molar-refractivity contribution < 1.29 is 57.0 Å². The summed E-state index contributed by atoms with van der Waals surface area (Å²) >= 11 is 1.83. The Hall–Kier alpha value is -1.14. The average Bonchev–Trinajstić information content (AvgIpc) is 3.15. The van der Waals surface area contributed by atoms with Gasteiger partial charge in [-0.3, -0.25) is 0 Å². The third-order valence-corrected chi connectivity index (χ3v) is 7.96. The van der Waals surface area contributed by atoms with Gasteiger partial charge < -0.3 is 62.2 Å². The third-order valence-electron chi connectivity index (χ3n) is 6.78. The van der Waals surface area contributed by atoms with E-state index in [4.69, 9.17) is 0 Å². The molecule has 1 aromatic heterocycles. The van der Waals surface area contributed by atoms with E-state index in [-0.39, 0.29) is 48.0 Å². The number of nitrogens with zero attached hydrogens (tertiary/aromatic N) is 4. The average molecular weight is 743 g/mol. The topological polar surface area (TPSA) is 10.4 Å². The molecule has 7 heteroatoms. The van der Waals surface area contributed by atoms with Gasteiger partial charge in [-0.25, -0.2) is 0 Å². The number of hydrogen-bond donors (Lipinski definition) is 0. The number of para-hydroxylation sites is 2. The van der Waals surface area contributed by atoms with E-state index in [0.717, 1.165) is 17.6 Å². The molecule has 0 atom stereocenters. The summed E-state index contributed by atoms with van der Waals surface area (Å²) < 4.78 is 3.50. The zero-order valence-corrected chi connectivity index (χ0v) is 27.8. The van der Waals surface area contributed by atoms with Gasteiger partial charge in [0.1, 0.15) is 0 Å². The zero-order valence-electron chi connectivity index (χ0n) is 22.7. The molecule has 0 amide bonds. The second-order valence-corrected chi connectivity index (χ2v) is 11.4. The fourth-order valence-electron chi connectivity index (χ4n) is 4.75. The van der Waals surface area contributed by atoms with Gasteiger partial charge in [0.15, 0.2) is 12.7 Å². The fourth-order valence-corrected chi connectivity index (χ4v) is 5.81. The highest BCUT2D eigenvalue weighted by Crippen LogP contribution is 2.44. The molecule has 4 nitrogen and oxygen atoms in total. The van der Waals surface area contributed by atoms with Crippen molar-refractivity contribution in [1.82, 2.24) is 4.90 Å². The van der Waals surface area contributed by atoms with Crippen LogP contribution in [0.2, 0.25) is 0 Å². The van der Waals surface area contributed by atoms with Crippen molar-refractivity contribution in [2.45, 2.75) is 24.3 Å². The second-order valence-electron chi connectivity index (χ2n) is 10.4. The van der Waals surface area contributed by atoms with E-state index in [2.05, 4.69) is 129 Å². The van der Waals surface area contributed by atoms with E-state index in [9.17, 15) is 0 Å². The summed E-state index contributed by atoms with van der Waals surface area (Å²) in [6.45, 7) is 4.62. The first-order chi connectivity index (χ1) is 16.8. The van der Waals surface area contributed by atoms with Crippen LogP contribution in [0.1, 0.15) is 18.4 Å². The van der Waals surface area contributed by atoms with Crippen LogP contribution in [0.15, 0.2) is 82.9 Å². The highest BCUT2D eigenvalue weighted by Gasteiger charge is 2.20. The molecule has 4 rings (SSSR count). The van der Waals surface area contributed by atoms with E-state index in [0.29, 0.717) is 0 Å². The zero-order chi connectivity index (χ0) is 24.8. The lowest BCUT2D eigenvalue weighted by atomic mass is 10.1. The molecule has 0 fully saturated rings. The third kappa shape index (κ3) is 8.68. The Labute approximate surface area is 262 Å². The van der Waals surface area contributed by atoms with Crippen molar-refractivity contribution in [2.24, 2.45) is 0 Å². The van der Waals surface area contributed by atoms with Gasteiger partial charge in [0.2, 0.25) is 5.52 Å². The number of benzene rings is 2. The molecular weight excluding hydrogens is 702 g/mol. The largest absolute Gasteiger partial charge is 1.00 e. The number of fused-ring (bicyclic) bond motifs is 2. The molecule has 2 aromatic carbocycles. The molecule has 0 bridgehead atoms. The Kier molecular flexibility index (Phi) is 12.9. The highest BCUT2D eigenvalue weighted by molar-refractivity contribution is 8.03. The molecule has 1 aliphatic rings. The number of hydrogen-bond acceptors (Lipinski definition) is 3. The lowest BCUT2D eigenvalue weighted by Crippen LogP contribution is -3.00. The fraction of sp³-hybridized carbons (Fsp3) is 0.367. The summed E-state index contributed by atoms with van der Waals surface area (Å²) in [6, 6.07) is 19.6. The Morgan fingerprint density at radius 3 is 2.41 bits per heavy atom. The maximum Gasteiger partial charge on any atom is 0.213 e. The molecule has 0 spiro atoms. The van der Waals surface area contributed by atoms with Gasteiger partial charge in [-0.15, -0.1) is 0 Å². The maximum atomic E-state index is 2.42. The number of thioether (sulfide) groups is 1. The summed E-state index contributed by atoms with van der Waals surface area (Å²) in [6.07, 6.45) is 11.3. The number of rotatable bonds is 10. The minimum atomic E-state index is 0. The van der Waals surface area contributed by atoms with Crippen molar-refractivity contribution >= 4 is 34.4 Å². The van der Waals surface area contributed by atoms with Crippen LogP contribution in [-0.2, 0) is 6.54 Å². The van der Waals surface area contributed by atoms with Crippen LogP contribution in [0.4, 0.5) is 5.69 Å². The lowest BCUT2D eigenvalue weighted by Gasteiger charge is -2.30. The van der Waals surface area contributed by atoms with E-state index >= 15 is 0 Å². The Morgan fingerprint density at radius 1 is 0.946 bits per heavy atom. The predicted molar refractivity (Wildman–Crippen MR) is 152 cm³/mol. The number of aromatic nitrogens is 1. The first kappa shape index (κ1) is 32.1. The van der Waals surface area contributed by atoms with E-state index in [1.54, 1.807) is 0 Å². The van der Waals surface area contributed by atoms with Crippen molar-refractivity contribution in [3.8, 4) is 0 Å². The van der Waals surface area contributed by atoms with Crippen molar-refractivity contribution in [1.29, 1.82) is 0 Å². The first-order valence-corrected chi connectivity index (χ1v) is 13.4. The van der Waals surface area contributed by atoms with Crippen LogP contribution in [0.5, 0.6) is 0 Å². The van der Waals surface area contributed by atoms with Crippen molar-refractivity contribution in [3.05, 3.63) is 83.5 Å². The molecule has 0 N–H and O–H groups in total. The monoisotopic (exact) mass is 742 g/mol. The molecule has 0 unspecified atom stereocenters. The normalized spacial score (nSPS) is 14.3. The van der Waals surface area contributed by atoms with Crippen LogP contribution in [0, 0.1) is 0 Å². The van der Waals surface area contributed by atoms with Gasteiger partial charge in [-0.1, -0.05) is 48.2 Å². The molecule has 3 aromatic rings. The number of anilines is 1. The molecule has 0 aliphatic carbocycles. The summed E-state index contributed by atoms with van der Waals surface area (Å²) in [4.78, 5) is 5.86. The van der Waals surface area contributed by atoms with Gasteiger partial charge in [0.25, 0.3) is 0 Å². The van der Waals surface area contributed by atoms with Crippen molar-refractivity contribution in [2.75, 3.05) is 59.8 Å². The molecule has 0 radical (unpaired) electrons. The van der Waals surface area contributed by atoms with Crippen LogP contribution < -0.4 is 57.4 Å². The predicted octanol–water partition coefficient (Wildman–Crippen LogP) is -0.350. The van der Waals surface area contributed by atoms with E-state index in [1.165, 1.54) is 58.0 Å². The molecular formula is C30H40I2N4S. The number of pyridine rings is 1. The summed E-state index contributed by atoms with van der Waals surface area (Å²) in [5.41, 5.74) is 3.85. The SMILES string of the molecule is CN(C)CCC[N+](C)(C)CCC[n+]1ccc(C=CC=C2Sc3ccccc3N2C)c2ccccc21.[I-].[I-]. The number of quaternary nitrogens is 1. The number of halogens is 2. The first-order valence-electron chi connectivity index (χ1n) is 12.6. The molecule has 1 aliphatic heterocycles. The van der Waals surface area contributed by atoms with Gasteiger partial charge in [-0.2, -0.15) is 4.57 Å². The van der Waals surface area contributed by atoms with Gasteiger partial charge in [0.05, 0.1) is 49.7 Å². The lowest BCUT2D eigenvalue weighted by molar-refractivity contribution is -0.892. The van der Waals surface area contributed by atoms with Crippen LogP contribution in [0.25, 0.3) is 17.0 Å². The number of aryl methyl sites for hydroxylation is 1. The smallest absolute Gasteiger partial charge is 0.213 e. The van der Waals surface area contributed by atoms with Crippen LogP contribution in [0.3, 0.4) is 0 Å². The van der Waals surface area contributed by atoms with Gasteiger partial charge in [-0.05, 0) is 43.9 Å². The molecule has 200 valence electrons. The molecule has 37 heavy (non-hydrogen) atoms. The molecule has 0 saturated heterocycles. The Bertz CT molecular complexity index is 1220. The van der Waals surface area contributed by atoms with E-state index in [1.807, 2.05) is 11.8 Å². The summed E-state index contributed by atoms with van der Waals surface area (Å²) in [5.74, 6) is 0. The van der Waals surface area contributed by atoms with Crippen LogP contribution in [-0.4, -0.2) is 64.3 Å². The quantitative estimate of drug-likeness (QED) is 0.160. The Balaban J connectivity index is 0.00000241. The summed E-state index contributed by atoms with van der Waals surface area (Å²) in [7, 11) is 11.2. The minimum Gasteiger partial charge on any atom is -1.00 e. The molecule has 2 heterocycles. The summed E-state index contributed by atoms with van der Waals surface area (Å²) in [5, 5.41) is 2.56. The van der Waals surface area contributed by atoms with Crippen molar-refractivity contribution in [3.63, 3.8) is 0 Å². The minimum absolute atomic E-state index is 0. The molecule has 0 saturated carbocycles.